The van der Waals surface area contributed by atoms with Gasteiger partial charge in [-0.2, -0.15) is 0 Å². The van der Waals surface area contributed by atoms with Crippen LogP contribution in [-0.4, -0.2) is 25.0 Å². The number of rotatable bonds is 6. The summed E-state index contributed by atoms with van der Waals surface area (Å²) in [7, 11) is 0. The summed E-state index contributed by atoms with van der Waals surface area (Å²) in [6.07, 6.45) is 7.25. The van der Waals surface area contributed by atoms with E-state index in [9.17, 15) is 13.6 Å². The fraction of sp³-hybridized carbons (Fsp3) is 0.588. The quantitative estimate of drug-likeness (QED) is 0.626. The molecule has 122 valence electrons. The van der Waals surface area contributed by atoms with E-state index in [1.807, 2.05) is 0 Å². The van der Waals surface area contributed by atoms with Crippen LogP contribution < -0.4 is 10.6 Å². The molecule has 0 atom stereocenters. The summed E-state index contributed by atoms with van der Waals surface area (Å²) >= 11 is 0. The maximum absolute atomic E-state index is 13.4. The third-order valence-electron chi connectivity index (χ3n) is 4.13. The number of carbonyl (C=O) groups is 1. The highest BCUT2D eigenvalue weighted by Gasteiger charge is 2.13. The van der Waals surface area contributed by atoms with Crippen LogP contribution in [-0.2, 0) is 11.2 Å². The van der Waals surface area contributed by atoms with Gasteiger partial charge in [-0.25, -0.2) is 8.78 Å². The first-order valence-corrected chi connectivity index (χ1v) is 8.10. The van der Waals surface area contributed by atoms with Crippen molar-refractivity contribution < 1.29 is 13.6 Å². The van der Waals surface area contributed by atoms with Crippen LogP contribution in [0.3, 0.4) is 0 Å². The zero-order chi connectivity index (χ0) is 15.8. The zero-order valence-corrected chi connectivity index (χ0v) is 12.8. The lowest BCUT2D eigenvalue weighted by Gasteiger charge is -2.16. The lowest BCUT2D eigenvalue weighted by molar-refractivity contribution is -0.120. The largest absolute Gasteiger partial charge is 0.355 e. The van der Waals surface area contributed by atoms with Crippen molar-refractivity contribution in [3.63, 3.8) is 0 Å². The number of hydrogen-bond donors (Lipinski definition) is 2. The first-order valence-electron chi connectivity index (χ1n) is 8.10. The SMILES string of the molecule is O=C(Cc1c(F)cccc1F)NCCNC1CCCCCC1. The summed E-state index contributed by atoms with van der Waals surface area (Å²) in [5.74, 6) is -1.70. The minimum absolute atomic E-state index is 0.170. The van der Waals surface area contributed by atoms with Crippen LogP contribution in [0, 0.1) is 11.6 Å². The number of halogens is 2. The molecule has 0 heterocycles. The van der Waals surface area contributed by atoms with Gasteiger partial charge in [0.2, 0.25) is 5.91 Å². The molecular weight excluding hydrogens is 286 g/mol. The van der Waals surface area contributed by atoms with Crippen LogP contribution in [0.4, 0.5) is 8.78 Å². The highest BCUT2D eigenvalue weighted by molar-refractivity contribution is 5.78. The predicted molar refractivity (Wildman–Crippen MR) is 82.6 cm³/mol. The summed E-state index contributed by atoms with van der Waals surface area (Å²) in [4.78, 5) is 11.8. The van der Waals surface area contributed by atoms with Gasteiger partial charge in [0, 0.05) is 24.7 Å². The highest BCUT2D eigenvalue weighted by Crippen LogP contribution is 2.16. The molecule has 2 N–H and O–H groups in total. The molecule has 1 aromatic carbocycles. The fourth-order valence-electron chi connectivity index (χ4n) is 2.89. The first kappa shape index (κ1) is 16.9. The van der Waals surface area contributed by atoms with Crippen LogP contribution in [0.5, 0.6) is 0 Å². The van der Waals surface area contributed by atoms with E-state index in [1.165, 1.54) is 56.7 Å². The predicted octanol–water partition coefficient (Wildman–Crippen LogP) is 2.94. The van der Waals surface area contributed by atoms with E-state index < -0.39 is 11.6 Å². The molecule has 1 aromatic rings. The smallest absolute Gasteiger partial charge is 0.224 e. The second kappa shape index (κ2) is 8.83. The van der Waals surface area contributed by atoms with Crippen molar-refractivity contribution >= 4 is 5.91 Å². The minimum atomic E-state index is -0.674. The Morgan fingerprint density at radius 3 is 2.32 bits per heavy atom. The molecule has 1 amide bonds. The Hall–Kier alpha value is -1.49. The van der Waals surface area contributed by atoms with Crippen molar-refractivity contribution in [2.24, 2.45) is 0 Å². The Labute approximate surface area is 130 Å². The van der Waals surface area contributed by atoms with Crippen LogP contribution in [0.15, 0.2) is 18.2 Å². The van der Waals surface area contributed by atoms with E-state index in [2.05, 4.69) is 10.6 Å². The van der Waals surface area contributed by atoms with Gasteiger partial charge < -0.3 is 10.6 Å². The second-order valence-corrected chi connectivity index (χ2v) is 5.87. The Balaban J connectivity index is 1.67. The van der Waals surface area contributed by atoms with Crippen LogP contribution in [0.2, 0.25) is 0 Å². The number of amides is 1. The Bertz CT molecular complexity index is 465. The lowest BCUT2D eigenvalue weighted by atomic mass is 10.1. The molecule has 2 rings (SSSR count). The monoisotopic (exact) mass is 310 g/mol. The maximum Gasteiger partial charge on any atom is 0.224 e. The third kappa shape index (κ3) is 5.37. The van der Waals surface area contributed by atoms with E-state index in [0.29, 0.717) is 19.1 Å². The van der Waals surface area contributed by atoms with E-state index in [0.717, 1.165) is 0 Å². The van der Waals surface area contributed by atoms with Gasteiger partial charge in [-0.05, 0) is 25.0 Å². The van der Waals surface area contributed by atoms with Crippen molar-refractivity contribution in [3.05, 3.63) is 35.4 Å². The van der Waals surface area contributed by atoms with Crippen molar-refractivity contribution in [3.8, 4) is 0 Å². The number of hydrogen-bond acceptors (Lipinski definition) is 2. The van der Waals surface area contributed by atoms with Gasteiger partial charge in [-0.15, -0.1) is 0 Å². The Kier molecular flexibility index (Phi) is 6.77. The first-order chi connectivity index (χ1) is 10.7. The lowest BCUT2D eigenvalue weighted by Crippen LogP contribution is -2.37. The molecule has 0 unspecified atom stereocenters. The van der Waals surface area contributed by atoms with E-state index >= 15 is 0 Å². The van der Waals surface area contributed by atoms with E-state index in [-0.39, 0.29) is 17.9 Å². The molecule has 5 heteroatoms. The van der Waals surface area contributed by atoms with Gasteiger partial charge >= 0.3 is 0 Å². The maximum atomic E-state index is 13.4. The van der Waals surface area contributed by atoms with Gasteiger partial charge in [0.1, 0.15) is 11.6 Å². The molecule has 0 spiro atoms. The van der Waals surface area contributed by atoms with Crippen molar-refractivity contribution in [1.82, 2.24) is 10.6 Å². The summed E-state index contributed by atoms with van der Waals surface area (Å²) < 4.78 is 26.9. The van der Waals surface area contributed by atoms with Gasteiger partial charge in [0.25, 0.3) is 0 Å². The van der Waals surface area contributed by atoms with E-state index in [4.69, 9.17) is 0 Å². The summed E-state index contributed by atoms with van der Waals surface area (Å²) in [6.45, 7) is 1.17. The second-order valence-electron chi connectivity index (χ2n) is 5.87. The normalized spacial score (nSPS) is 16.3. The van der Waals surface area contributed by atoms with Gasteiger partial charge in [-0.3, -0.25) is 4.79 Å². The Morgan fingerprint density at radius 1 is 1.05 bits per heavy atom. The van der Waals surface area contributed by atoms with Gasteiger partial charge in [0.15, 0.2) is 0 Å². The van der Waals surface area contributed by atoms with Gasteiger partial charge in [0.05, 0.1) is 6.42 Å². The van der Waals surface area contributed by atoms with Crippen molar-refractivity contribution in [2.75, 3.05) is 13.1 Å². The number of nitrogens with one attached hydrogen (secondary N) is 2. The molecule has 22 heavy (non-hydrogen) atoms. The van der Waals surface area contributed by atoms with Crippen LogP contribution in [0.1, 0.15) is 44.1 Å². The topological polar surface area (TPSA) is 41.1 Å². The summed E-state index contributed by atoms with van der Waals surface area (Å²) in [6, 6.07) is 4.16. The number of benzene rings is 1. The zero-order valence-electron chi connectivity index (χ0n) is 12.8. The van der Waals surface area contributed by atoms with Crippen LogP contribution in [0.25, 0.3) is 0 Å². The summed E-state index contributed by atoms with van der Waals surface area (Å²) in [5.41, 5.74) is -0.170. The molecule has 0 aliphatic heterocycles. The average Bonchev–Trinajstić information content (AvgIpc) is 2.76. The van der Waals surface area contributed by atoms with Gasteiger partial charge in [-0.1, -0.05) is 31.7 Å². The minimum Gasteiger partial charge on any atom is -0.355 e. The molecule has 1 aliphatic carbocycles. The number of carbonyl (C=O) groups excluding carboxylic acids is 1. The third-order valence-corrected chi connectivity index (χ3v) is 4.13. The molecule has 1 aliphatic rings. The van der Waals surface area contributed by atoms with Crippen molar-refractivity contribution in [1.29, 1.82) is 0 Å². The molecule has 0 radical (unpaired) electrons. The molecule has 1 fully saturated rings. The molecule has 1 saturated carbocycles. The molecule has 0 bridgehead atoms. The molecule has 3 nitrogen and oxygen atoms in total. The molecule has 0 saturated heterocycles. The Morgan fingerprint density at radius 2 is 1.68 bits per heavy atom. The standard InChI is InChI=1S/C17H24F2N2O/c18-15-8-5-9-16(19)14(15)12-17(22)21-11-10-20-13-6-3-1-2-4-7-13/h5,8-9,13,20H,1-4,6-7,10-12H2,(H,21,22). The van der Waals surface area contributed by atoms with E-state index in [1.54, 1.807) is 0 Å². The van der Waals surface area contributed by atoms with Crippen molar-refractivity contribution in [2.45, 2.75) is 51.0 Å². The molecule has 0 aromatic heterocycles. The molecular formula is C17H24F2N2O. The summed E-state index contributed by atoms with van der Waals surface area (Å²) in [5, 5.41) is 6.15. The highest BCUT2D eigenvalue weighted by atomic mass is 19.1. The average molecular weight is 310 g/mol. The van der Waals surface area contributed by atoms with Crippen LogP contribution >= 0.6 is 0 Å². The fourth-order valence-corrected chi connectivity index (χ4v) is 2.89.